The minimum Gasteiger partial charge on any atom is -0.338 e. The van der Waals surface area contributed by atoms with Crippen LogP contribution in [0.5, 0.6) is 0 Å². The fourth-order valence-corrected chi connectivity index (χ4v) is 2.72. The summed E-state index contributed by atoms with van der Waals surface area (Å²) in [4.78, 5) is 29.1. The Morgan fingerprint density at radius 3 is 2.86 bits per heavy atom. The molecule has 1 atom stereocenters. The largest absolute Gasteiger partial charge is 0.338 e. The number of hydrogen-bond acceptors (Lipinski definition) is 2. The van der Waals surface area contributed by atoms with E-state index in [1.54, 1.807) is 32.0 Å². The maximum absolute atomic E-state index is 12.3. The topological polar surface area (TPSA) is 65.8 Å². The zero-order valence-corrected chi connectivity index (χ0v) is 13.8. The standard InChI is InChI=1S/C15H15BrN4O2/c1-4-18-14(21)20-13(10-6-5-7-11(16)8-10)12(17-3)9(2)19-15(20)22/h5-8,13H,4H2,1-2H3,(H,18,21)(H,19,22). The lowest BCUT2D eigenvalue weighted by Crippen LogP contribution is -2.53. The lowest BCUT2D eigenvalue weighted by atomic mass is 9.99. The first-order valence-corrected chi connectivity index (χ1v) is 7.50. The smallest absolute Gasteiger partial charge is 0.328 e. The molecule has 1 aliphatic rings. The molecule has 1 aliphatic heterocycles. The van der Waals surface area contributed by atoms with E-state index in [0.29, 0.717) is 23.5 Å². The predicted octanol–water partition coefficient (Wildman–Crippen LogP) is 3.40. The normalized spacial score (nSPS) is 17.8. The fourth-order valence-electron chi connectivity index (χ4n) is 2.30. The number of benzene rings is 1. The number of halogens is 1. The summed E-state index contributed by atoms with van der Waals surface area (Å²) in [6.07, 6.45) is 0. The molecule has 0 aromatic heterocycles. The van der Waals surface area contributed by atoms with Crippen molar-refractivity contribution in [3.63, 3.8) is 0 Å². The van der Waals surface area contributed by atoms with Crippen LogP contribution in [-0.2, 0) is 0 Å². The number of hydrogen-bond donors (Lipinski definition) is 2. The van der Waals surface area contributed by atoms with Crippen LogP contribution in [0.1, 0.15) is 25.5 Å². The molecule has 2 N–H and O–H groups in total. The third-order valence-corrected chi connectivity index (χ3v) is 3.74. The first kappa shape index (κ1) is 16.0. The average Bonchev–Trinajstić information content (AvgIpc) is 2.46. The Morgan fingerprint density at radius 2 is 2.27 bits per heavy atom. The quantitative estimate of drug-likeness (QED) is 0.791. The highest BCUT2D eigenvalue weighted by Gasteiger charge is 2.39. The van der Waals surface area contributed by atoms with Crippen LogP contribution in [0.25, 0.3) is 4.85 Å². The molecule has 1 aromatic rings. The number of amides is 4. The van der Waals surface area contributed by atoms with Gasteiger partial charge in [-0.25, -0.2) is 19.3 Å². The van der Waals surface area contributed by atoms with Crippen LogP contribution in [0.3, 0.4) is 0 Å². The van der Waals surface area contributed by atoms with Gasteiger partial charge in [0.05, 0.1) is 6.57 Å². The second kappa shape index (κ2) is 6.62. The molecule has 0 bridgehead atoms. The first-order chi connectivity index (χ1) is 10.5. The van der Waals surface area contributed by atoms with Crippen molar-refractivity contribution in [3.05, 3.63) is 57.1 Å². The molecule has 1 aromatic carbocycles. The first-order valence-electron chi connectivity index (χ1n) is 6.71. The van der Waals surface area contributed by atoms with Gasteiger partial charge in [-0.15, -0.1) is 0 Å². The van der Waals surface area contributed by atoms with Crippen molar-refractivity contribution < 1.29 is 9.59 Å². The minimum absolute atomic E-state index is 0.323. The molecule has 1 unspecified atom stereocenters. The molecule has 0 fully saturated rings. The molecule has 114 valence electrons. The summed E-state index contributed by atoms with van der Waals surface area (Å²) >= 11 is 3.38. The summed E-state index contributed by atoms with van der Waals surface area (Å²) in [5.74, 6) is 0. The summed E-state index contributed by atoms with van der Waals surface area (Å²) in [5.41, 5.74) is 1.48. The second-order valence-corrected chi connectivity index (χ2v) is 5.63. The van der Waals surface area contributed by atoms with Crippen molar-refractivity contribution in [1.29, 1.82) is 0 Å². The summed E-state index contributed by atoms with van der Waals surface area (Å²) in [6, 6.07) is 5.43. The minimum atomic E-state index is -0.740. The number of nitrogens with one attached hydrogen (secondary N) is 2. The lowest BCUT2D eigenvalue weighted by Gasteiger charge is -2.34. The number of carbonyl (C=O) groups is 2. The Morgan fingerprint density at radius 1 is 1.55 bits per heavy atom. The highest BCUT2D eigenvalue weighted by molar-refractivity contribution is 9.10. The number of carbonyl (C=O) groups excluding carboxylic acids is 2. The Labute approximate surface area is 137 Å². The third-order valence-electron chi connectivity index (χ3n) is 3.25. The summed E-state index contributed by atoms with van der Waals surface area (Å²) in [6.45, 7) is 11.2. The summed E-state index contributed by atoms with van der Waals surface area (Å²) in [5, 5.41) is 5.17. The third kappa shape index (κ3) is 2.97. The van der Waals surface area contributed by atoms with E-state index in [1.807, 2.05) is 6.07 Å². The predicted molar refractivity (Wildman–Crippen MR) is 85.6 cm³/mol. The van der Waals surface area contributed by atoms with Gasteiger partial charge in [0.25, 0.3) is 0 Å². The highest BCUT2D eigenvalue weighted by Crippen LogP contribution is 2.35. The molecule has 0 spiro atoms. The van der Waals surface area contributed by atoms with Gasteiger partial charge >= 0.3 is 12.1 Å². The van der Waals surface area contributed by atoms with Gasteiger partial charge in [0.1, 0.15) is 6.04 Å². The Bertz CT molecular complexity index is 693. The van der Waals surface area contributed by atoms with Crippen molar-refractivity contribution in [1.82, 2.24) is 15.5 Å². The van der Waals surface area contributed by atoms with Gasteiger partial charge in [-0.2, -0.15) is 0 Å². The molecule has 7 heteroatoms. The molecule has 2 rings (SSSR count). The molecule has 0 saturated carbocycles. The Kier molecular flexibility index (Phi) is 4.83. The van der Waals surface area contributed by atoms with E-state index in [4.69, 9.17) is 6.57 Å². The van der Waals surface area contributed by atoms with Crippen LogP contribution in [0.2, 0.25) is 0 Å². The maximum Gasteiger partial charge on any atom is 0.328 e. The van der Waals surface area contributed by atoms with Gasteiger partial charge in [-0.3, -0.25) is 0 Å². The van der Waals surface area contributed by atoms with Crippen molar-refractivity contribution >= 4 is 28.0 Å². The Balaban J connectivity index is 2.58. The number of allylic oxidation sites excluding steroid dienone is 1. The van der Waals surface area contributed by atoms with Crippen LogP contribution in [-0.4, -0.2) is 23.5 Å². The number of rotatable bonds is 2. The highest BCUT2D eigenvalue weighted by atomic mass is 79.9. The van der Waals surface area contributed by atoms with Gasteiger partial charge in [0.15, 0.2) is 0 Å². The number of imide groups is 1. The van der Waals surface area contributed by atoms with Crippen molar-refractivity contribution in [3.8, 4) is 0 Å². The summed E-state index contributed by atoms with van der Waals surface area (Å²) < 4.78 is 0.814. The fraction of sp³-hybridized carbons (Fsp3) is 0.267. The van der Waals surface area contributed by atoms with Gasteiger partial charge in [0, 0.05) is 16.7 Å². The van der Waals surface area contributed by atoms with Crippen LogP contribution in [0, 0.1) is 6.57 Å². The van der Waals surface area contributed by atoms with Crippen LogP contribution in [0.15, 0.2) is 40.1 Å². The molecule has 0 radical (unpaired) electrons. The lowest BCUT2D eigenvalue weighted by molar-refractivity contribution is 0.173. The molecule has 6 nitrogen and oxygen atoms in total. The van der Waals surface area contributed by atoms with Crippen LogP contribution < -0.4 is 10.6 Å². The van der Waals surface area contributed by atoms with Gasteiger partial charge < -0.3 is 10.6 Å². The average molecular weight is 363 g/mol. The van der Waals surface area contributed by atoms with Crippen molar-refractivity contribution in [2.75, 3.05) is 6.54 Å². The van der Waals surface area contributed by atoms with E-state index in [1.165, 1.54) is 0 Å². The van der Waals surface area contributed by atoms with Crippen LogP contribution in [0.4, 0.5) is 9.59 Å². The molecule has 0 aliphatic carbocycles. The molecule has 22 heavy (non-hydrogen) atoms. The van der Waals surface area contributed by atoms with E-state index < -0.39 is 18.1 Å². The zero-order chi connectivity index (χ0) is 16.3. The van der Waals surface area contributed by atoms with Crippen molar-refractivity contribution in [2.45, 2.75) is 19.9 Å². The van der Waals surface area contributed by atoms with E-state index in [2.05, 4.69) is 31.4 Å². The van der Waals surface area contributed by atoms with Gasteiger partial charge in [0.2, 0.25) is 5.70 Å². The SMILES string of the molecule is [C-]#[N+]C1=C(C)NC(=O)N(C(=O)NCC)C1c1cccc(Br)c1. The Hall–Kier alpha value is -2.33. The molecular weight excluding hydrogens is 348 g/mol. The monoisotopic (exact) mass is 362 g/mol. The van der Waals surface area contributed by atoms with Crippen molar-refractivity contribution in [2.24, 2.45) is 0 Å². The van der Waals surface area contributed by atoms with E-state index >= 15 is 0 Å². The molecule has 4 amide bonds. The molecular formula is C15H15BrN4O2. The second-order valence-electron chi connectivity index (χ2n) is 4.72. The van der Waals surface area contributed by atoms with E-state index in [0.717, 1.165) is 9.37 Å². The molecule has 0 saturated heterocycles. The maximum atomic E-state index is 12.3. The summed E-state index contributed by atoms with van der Waals surface area (Å²) in [7, 11) is 0. The van der Waals surface area contributed by atoms with Gasteiger partial charge in [-0.05, 0) is 31.5 Å². The number of nitrogens with zero attached hydrogens (tertiary/aromatic N) is 2. The number of urea groups is 2. The van der Waals surface area contributed by atoms with E-state index in [-0.39, 0.29) is 0 Å². The zero-order valence-electron chi connectivity index (χ0n) is 12.2. The van der Waals surface area contributed by atoms with Crippen LogP contribution >= 0.6 is 15.9 Å². The molecule has 1 heterocycles. The van der Waals surface area contributed by atoms with Gasteiger partial charge in [-0.1, -0.05) is 28.1 Å². The van der Waals surface area contributed by atoms with E-state index in [9.17, 15) is 9.59 Å².